The second-order valence-electron chi connectivity index (χ2n) is 3.66. The van der Waals surface area contributed by atoms with Crippen LogP contribution in [0.2, 0.25) is 0 Å². The van der Waals surface area contributed by atoms with Crippen LogP contribution in [0.3, 0.4) is 0 Å². The van der Waals surface area contributed by atoms with Crippen LogP contribution in [0.25, 0.3) is 0 Å². The summed E-state index contributed by atoms with van der Waals surface area (Å²) < 4.78 is 0. The Morgan fingerprint density at radius 1 is 1.45 bits per heavy atom. The summed E-state index contributed by atoms with van der Waals surface area (Å²) in [5, 5.41) is 3.43. The van der Waals surface area contributed by atoms with E-state index in [9.17, 15) is 0 Å². The summed E-state index contributed by atoms with van der Waals surface area (Å²) in [6.45, 7) is 11.6. The Kier molecular flexibility index (Phi) is 4.58. The maximum absolute atomic E-state index is 3.43. The third-order valence-electron chi connectivity index (χ3n) is 3.00. The lowest BCUT2D eigenvalue weighted by atomic mass is 9.95. The van der Waals surface area contributed by atoms with Crippen molar-refractivity contribution >= 4 is 7.92 Å². The van der Waals surface area contributed by atoms with Gasteiger partial charge in [0.2, 0.25) is 0 Å². The van der Waals surface area contributed by atoms with Crippen LogP contribution >= 0.6 is 7.92 Å². The van der Waals surface area contributed by atoms with Gasteiger partial charge in [-0.15, -0.1) is 7.92 Å². The quantitative estimate of drug-likeness (QED) is 0.647. The summed E-state index contributed by atoms with van der Waals surface area (Å²) in [4.78, 5) is 0. The highest BCUT2D eigenvalue weighted by atomic mass is 31.1. The predicted molar refractivity (Wildman–Crippen MR) is 56.0 cm³/mol. The Labute approximate surface area is 72.7 Å². The van der Waals surface area contributed by atoms with E-state index in [2.05, 4.69) is 46.5 Å². The van der Waals surface area contributed by atoms with Crippen LogP contribution in [0, 0.1) is 0 Å². The molecule has 0 aliphatic heterocycles. The molecule has 68 valence electrons. The van der Waals surface area contributed by atoms with E-state index in [4.69, 9.17) is 0 Å². The highest BCUT2D eigenvalue weighted by Crippen LogP contribution is 2.39. The van der Waals surface area contributed by atoms with Crippen LogP contribution in [0.1, 0.15) is 27.2 Å². The summed E-state index contributed by atoms with van der Waals surface area (Å²) in [5.74, 6) is 0. The van der Waals surface area contributed by atoms with Gasteiger partial charge in [0, 0.05) is 5.54 Å². The van der Waals surface area contributed by atoms with E-state index in [1.54, 1.807) is 0 Å². The van der Waals surface area contributed by atoms with E-state index in [1.165, 1.54) is 6.42 Å². The van der Waals surface area contributed by atoms with Gasteiger partial charge in [0.05, 0.1) is 0 Å². The van der Waals surface area contributed by atoms with E-state index >= 15 is 0 Å². The molecule has 1 nitrogen and oxygen atoms in total. The Hall–Kier alpha value is 0.390. The summed E-state index contributed by atoms with van der Waals surface area (Å²) in [6, 6.07) is 0. The number of rotatable bonds is 4. The normalized spacial score (nSPS) is 19.9. The van der Waals surface area contributed by atoms with E-state index in [0.717, 1.165) is 5.66 Å². The zero-order valence-corrected chi connectivity index (χ0v) is 9.63. The van der Waals surface area contributed by atoms with Crippen LogP contribution in [0.4, 0.5) is 0 Å². The van der Waals surface area contributed by atoms with Crippen molar-refractivity contribution in [2.45, 2.75) is 38.4 Å². The van der Waals surface area contributed by atoms with Crippen molar-refractivity contribution in [1.29, 1.82) is 0 Å². The van der Waals surface area contributed by atoms with Crippen LogP contribution in [-0.2, 0) is 0 Å². The molecule has 0 spiro atoms. The van der Waals surface area contributed by atoms with Crippen LogP contribution in [0.5, 0.6) is 0 Å². The Morgan fingerprint density at radius 3 is 2.00 bits per heavy atom. The molecule has 0 aliphatic rings. The predicted octanol–water partition coefficient (Wildman–Crippen LogP) is 2.50. The highest BCUT2D eigenvalue weighted by Gasteiger charge is 2.28. The van der Waals surface area contributed by atoms with Crippen molar-refractivity contribution in [1.82, 2.24) is 5.32 Å². The minimum absolute atomic E-state index is 0.176. The molecule has 2 heteroatoms. The van der Waals surface area contributed by atoms with E-state index in [0.29, 0.717) is 5.54 Å². The van der Waals surface area contributed by atoms with Gasteiger partial charge in [0.1, 0.15) is 0 Å². The zero-order chi connectivity index (χ0) is 9.07. The molecular formula is C9H22NP. The van der Waals surface area contributed by atoms with Crippen LogP contribution < -0.4 is 5.32 Å². The average Bonchev–Trinajstić information content (AvgIpc) is 2.01. The molecule has 0 aromatic carbocycles. The first-order valence-corrected chi connectivity index (χ1v) is 6.63. The van der Waals surface area contributed by atoms with Gasteiger partial charge in [0.15, 0.2) is 0 Å². The molecule has 0 amide bonds. The van der Waals surface area contributed by atoms with Gasteiger partial charge in [0.25, 0.3) is 0 Å². The van der Waals surface area contributed by atoms with Gasteiger partial charge in [-0.05, 0) is 39.4 Å². The summed E-state index contributed by atoms with van der Waals surface area (Å²) in [5.41, 5.74) is 1.14. The van der Waals surface area contributed by atoms with Gasteiger partial charge in [-0.2, -0.15) is 0 Å². The Morgan fingerprint density at radius 2 is 1.91 bits per heavy atom. The van der Waals surface area contributed by atoms with Gasteiger partial charge in [-0.3, -0.25) is 0 Å². The lowest BCUT2D eigenvalue weighted by Crippen LogP contribution is -2.47. The highest BCUT2D eigenvalue weighted by molar-refractivity contribution is 7.56. The zero-order valence-electron chi connectivity index (χ0n) is 8.73. The molecule has 0 fully saturated rings. The van der Waals surface area contributed by atoms with Gasteiger partial charge in [-0.1, -0.05) is 13.8 Å². The topological polar surface area (TPSA) is 12.0 Å². The summed E-state index contributed by atoms with van der Waals surface area (Å²) >= 11 is 0. The second-order valence-corrected chi connectivity index (χ2v) is 6.36. The maximum Gasteiger partial charge on any atom is 0.0212 e. The molecule has 2 unspecified atom stereocenters. The van der Waals surface area contributed by atoms with Crippen LogP contribution in [-0.4, -0.2) is 31.6 Å². The smallest absolute Gasteiger partial charge is 0.0212 e. The van der Waals surface area contributed by atoms with Crippen molar-refractivity contribution in [3.63, 3.8) is 0 Å². The molecule has 2 atom stereocenters. The van der Waals surface area contributed by atoms with Gasteiger partial charge < -0.3 is 5.32 Å². The van der Waals surface area contributed by atoms with E-state index in [1.807, 2.05) is 0 Å². The third kappa shape index (κ3) is 2.72. The monoisotopic (exact) mass is 175 g/mol. The first-order chi connectivity index (χ1) is 4.98. The minimum Gasteiger partial charge on any atom is -0.314 e. The van der Waals surface area contributed by atoms with Crippen molar-refractivity contribution in [2.75, 3.05) is 20.4 Å². The molecule has 0 heterocycles. The number of hydrogen-bond donors (Lipinski definition) is 1. The molecule has 0 radical (unpaired) electrons. The summed E-state index contributed by atoms with van der Waals surface area (Å²) in [6.07, 6.45) is 1.21. The van der Waals surface area contributed by atoms with Crippen molar-refractivity contribution in [2.24, 2.45) is 0 Å². The molecule has 0 aromatic rings. The fraction of sp³-hybridized carbons (Fsp3) is 1.00. The fourth-order valence-corrected chi connectivity index (χ4v) is 2.70. The second kappa shape index (κ2) is 4.42. The molecule has 0 bridgehead atoms. The van der Waals surface area contributed by atoms with Gasteiger partial charge >= 0.3 is 0 Å². The molecule has 1 N–H and O–H groups in total. The molecular weight excluding hydrogens is 153 g/mol. The lowest BCUT2D eigenvalue weighted by molar-refractivity contribution is 0.366. The fourth-order valence-electron chi connectivity index (χ4n) is 1.25. The van der Waals surface area contributed by atoms with Crippen molar-refractivity contribution < 1.29 is 0 Å². The SMILES string of the molecule is CCC(C)(NC)C(C)P(C)C. The first-order valence-electron chi connectivity index (χ1n) is 4.33. The van der Waals surface area contributed by atoms with Crippen molar-refractivity contribution in [3.05, 3.63) is 0 Å². The molecule has 0 rings (SSSR count). The standard InChI is InChI=1S/C9H22NP/c1-7-9(3,10-4)8(2)11(5)6/h8,10H,7H2,1-6H3. The van der Waals surface area contributed by atoms with Crippen molar-refractivity contribution in [3.8, 4) is 0 Å². The summed E-state index contributed by atoms with van der Waals surface area (Å²) in [7, 11) is 2.24. The molecule has 0 aromatic heterocycles. The minimum atomic E-state index is 0.176. The Balaban J connectivity index is 4.24. The average molecular weight is 175 g/mol. The molecule has 0 saturated heterocycles. The van der Waals surface area contributed by atoms with E-state index < -0.39 is 0 Å². The third-order valence-corrected chi connectivity index (χ3v) is 5.12. The van der Waals surface area contributed by atoms with E-state index in [-0.39, 0.29) is 7.92 Å². The molecule has 11 heavy (non-hydrogen) atoms. The number of nitrogens with one attached hydrogen (secondary N) is 1. The number of hydrogen-bond acceptors (Lipinski definition) is 1. The first kappa shape index (κ1) is 11.4. The molecule has 0 aliphatic carbocycles. The maximum atomic E-state index is 3.43. The Bertz CT molecular complexity index is 108. The molecule has 0 saturated carbocycles. The van der Waals surface area contributed by atoms with Gasteiger partial charge in [-0.25, -0.2) is 0 Å². The largest absolute Gasteiger partial charge is 0.314 e. The van der Waals surface area contributed by atoms with Crippen LogP contribution in [0.15, 0.2) is 0 Å². The lowest BCUT2D eigenvalue weighted by Gasteiger charge is -2.37.